The standard InChI is InChI=1S/C15H15ClO5/c1-2-19-15(18)14-9-12(17)11-8-10(20-7-3-6-16)4-5-13(11)21-14/h4-5,8-9H,2-3,6-7H2,1H3. The molecule has 2 rings (SSSR count). The van der Waals surface area contributed by atoms with Crippen molar-refractivity contribution >= 4 is 28.5 Å². The second kappa shape index (κ2) is 7.13. The average molecular weight is 311 g/mol. The Morgan fingerprint density at radius 1 is 1.33 bits per heavy atom. The predicted octanol–water partition coefficient (Wildman–Crippen LogP) is 2.98. The summed E-state index contributed by atoms with van der Waals surface area (Å²) < 4.78 is 15.7. The number of hydrogen-bond acceptors (Lipinski definition) is 5. The second-order valence-electron chi connectivity index (χ2n) is 4.24. The minimum atomic E-state index is -0.654. The summed E-state index contributed by atoms with van der Waals surface area (Å²) in [6, 6.07) is 5.98. The lowest BCUT2D eigenvalue weighted by atomic mass is 10.2. The summed E-state index contributed by atoms with van der Waals surface area (Å²) in [5, 5.41) is 0.353. The molecule has 0 bridgehead atoms. The fourth-order valence-electron chi connectivity index (χ4n) is 1.77. The number of carbonyl (C=O) groups is 1. The zero-order chi connectivity index (χ0) is 15.2. The van der Waals surface area contributed by atoms with Crippen molar-refractivity contribution in [2.45, 2.75) is 13.3 Å². The number of fused-ring (bicyclic) bond motifs is 1. The molecule has 0 spiro atoms. The van der Waals surface area contributed by atoms with E-state index in [0.717, 1.165) is 12.5 Å². The SMILES string of the molecule is CCOC(=O)c1cc(=O)c2cc(OCCCCl)ccc2o1. The van der Waals surface area contributed by atoms with Gasteiger partial charge in [-0.1, -0.05) is 0 Å². The zero-order valence-electron chi connectivity index (χ0n) is 11.6. The summed E-state index contributed by atoms with van der Waals surface area (Å²) in [6.45, 7) is 2.37. The number of halogens is 1. The molecule has 6 heteroatoms. The molecule has 0 amide bonds. The molecule has 1 heterocycles. The maximum atomic E-state index is 12.0. The van der Waals surface area contributed by atoms with Crippen molar-refractivity contribution < 1.29 is 18.7 Å². The monoisotopic (exact) mass is 310 g/mol. The third-order valence-corrected chi connectivity index (χ3v) is 2.99. The van der Waals surface area contributed by atoms with Crippen LogP contribution < -0.4 is 10.2 Å². The van der Waals surface area contributed by atoms with Crippen LogP contribution in [0.2, 0.25) is 0 Å². The molecule has 0 aliphatic heterocycles. The second-order valence-corrected chi connectivity index (χ2v) is 4.62. The highest BCUT2D eigenvalue weighted by Gasteiger charge is 2.13. The van der Waals surface area contributed by atoms with Crippen LogP contribution in [0, 0.1) is 0 Å². The third-order valence-electron chi connectivity index (χ3n) is 2.72. The first kappa shape index (κ1) is 15.4. The topological polar surface area (TPSA) is 65.7 Å². The Bertz CT molecular complexity index is 692. The van der Waals surface area contributed by atoms with Crippen LogP contribution in [-0.2, 0) is 4.74 Å². The number of carbonyl (C=O) groups excluding carboxylic acids is 1. The average Bonchev–Trinajstić information content (AvgIpc) is 2.48. The van der Waals surface area contributed by atoms with Crippen LogP contribution in [0.4, 0.5) is 0 Å². The van der Waals surface area contributed by atoms with Gasteiger partial charge in [-0.05, 0) is 31.5 Å². The van der Waals surface area contributed by atoms with Crippen LogP contribution in [0.5, 0.6) is 5.75 Å². The number of alkyl halides is 1. The van der Waals surface area contributed by atoms with E-state index in [9.17, 15) is 9.59 Å². The minimum Gasteiger partial charge on any atom is -0.494 e. The van der Waals surface area contributed by atoms with Gasteiger partial charge in [0.25, 0.3) is 0 Å². The van der Waals surface area contributed by atoms with Gasteiger partial charge in [0.05, 0.1) is 18.6 Å². The first-order valence-electron chi connectivity index (χ1n) is 6.59. The zero-order valence-corrected chi connectivity index (χ0v) is 12.3. The van der Waals surface area contributed by atoms with E-state index >= 15 is 0 Å². The molecule has 112 valence electrons. The molecule has 1 aromatic carbocycles. The Labute approximate surface area is 126 Å². The number of benzene rings is 1. The Balaban J connectivity index is 2.32. The number of ether oxygens (including phenoxy) is 2. The number of rotatable bonds is 6. The van der Waals surface area contributed by atoms with Gasteiger partial charge < -0.3 is 13.9 Å². The summed E-state index contributed by atoms with van der Waals surface area (Å²) in [5.41, 5.74) is -0.00246. The highest BCUT2D eigenvalue weighted by atomic mass is 35.5. The summed E-state index contributed by atoms with van der Waals surface area (Å²) in [4.78, 5) is 23.6. The van der Waals surface area contributed by atoms with Crippen LogP contribution in [-0.4, -0.2) is 25.1 Å². The molecule has 1 aromatic heterocycles. The van der Waals surface area contributed by atoms with Crippen molar-refractivity contribution in [1.82, 2.24) is 0 Å². The molecule has 0 fully saturated rings. The van der Waals surface area contributed by atoms with E-state index < -0.39 is 5.97 Å². The van der Waals surface area contributed by atoms with E-state index in [1.165, 1.54) is 0 Å². The summed E-state index contributed by atoms with van der Waals surface area (Å²) in [7, 11) is 0. The Kier molecular flexibility index (Phi) is 5.22. The van der Waals surface area contributed by atoms with Crippen molar-refractivity contribution in [2.75, 3.05) is 19.1 Å². The van der Waals surface area contributed by atoms with Gasteiger partial charge in [0.2, 0.25) is 5.76 Å². The Morgan fingerprint density at radius 3 is 2.86 bits per heavy atom. The highest BCUT2D eigenvalue weighted by Crippen LogP contribution is 2.20. The van der Waals surface area contributed by atoms with Gasteiger partial charge in [0.15, 0.2) is 5.43 Å². The Hall–Kier alpha value is -2.01. The van der Waals surface area contributed by atoms with Gasteiger partial charge in [0.1, 0.15) is 11.3 Å². The lowest BCUT2D eigenvalue weighted by Crippen LogP contribution is -2.10. The first-order chi connectivity index (χ1) is 10.2. The van der Waals surface area contributed by atoms with Crippen LogP contribution in [0.3, 0.4) is 0 Å². The fraction of sp³-hybridized carbons (Fsp3) is 0.333. The summed E-state index contributed by atoms with van der Waals surface area (Å²) in [6.07, 6.45) is 0.718. The number of esters is 1. The molecule has 0 N–H and O–H groups in total. The molecule has 0 radical (unpaired) electrons. The van der Waals surface area contributed by atoms with Crippen molar-refractivity contribution in [3.05, 3.63) is 40.2 Å². The van der Waals surface area contributed by atoms with Crippen molar-refractivity contribution in [3.8, 4) is 5.75 Å². The molecule has 5 nitrogen and oxygen atoms in total. The molecule has 0 aliphatic carbocycles. The molecular formula is C15H15ClO5. The van der Waals surface area contributed by atoms with E-state index in [-0.39, 0.29) is 17.8 Å². The van der Waals surface area contributed by atoms with Gasteiger partial charge in [-0.15, -0.1) is 11.6 Å². The van der Waals surface area contributed by atoms with Gasteiger partial charge in [-0.25, -0.2) is 4.79 Å². The van der Waals surface area contributed by atoms with Crippen LogP contribution in [0.15, 0.2) is 33.5 Å². The minimum absolute atomic E-state index is 0.106. The normalized spacial score (nSPS) is 10.6. The van der Waals surface area contributed by atoms with Crippen molar-refractivity contribution in [2.24, 2.45) is 0 Å². The van der Waals surface area contributed by atoms with E-state index in [2.05, 4.69) is 0 Å². The Morgan fingerprint density at radius 2 is 2.14 bits per heavy atom. The van der Waals surface area contributed by atoms with E-state index in [4.69, 9.17) is 25.5 Å². The largest absolute Gasteiger partial charge is 0.494 e. The smallest absolute Gasteiger partial charge is 0.374 e. The van der Waals surface area contributed by atoms with Crippen molar-refractivity contribution in [3.63, 3.8) is 0 Å². The lowest BCUT2D eigenvalue weighted by molar-refractivity contribution is 0.0490. The van der Waals surface area contributed by atoms with Gasteiger partial charge in [-0.3, -0.25) is 4.79 Å². The predicted molar refractivity (Wildman–Crippen MR) is 79.3 cm³/mol. The summed E-state index contributed by atoms with van der Waals surface area (Å²) in [5.74, 6) is 0.312. The third kappa shape index (κ3) is 3.76. The van der Waals surface area contributed by atoms with Gasteiger partial charge in [0, 0.05) is 11.9 Å². The lowest BCUT2D eigenvalue weighted by Gasteiger charge is -2.06. The van der Waals surface area contributed by atoms with E-state index in [0.29, 0.717) is 29.2 Å². The first-order valence-corrected chi connectivity index (χ1v) is 7.13. The highest BCUT2D eigenvalue weighted by molar-refractivity contribution is 6.17. The molecule has 0 unspecified atom stereocenters. The maximum Gasteiger partial charge on any atom is 0.374 e. The summed E-state index contributed by atoms with van der Waals surface area (Å²) >= 11 is 5.57. The van der Waals surface area contributed by atoms with Crippen molar-refractivity contribution in [1.29, 1.82) is 0 Å². The fourth-order valence-corrected chi connectivity index (χ4v) is 1.88. The van der Waals surface area contributed by atoms with E-state index in [1.807, 2.05) is 0 Å². The molecule has 0 saturated carbocycles. The van der Waals surface area contributed by atoms with Gasteiger partial charge in [-0.2, -0.15) is 0 Å². The molecule has 0 saturated heterocycles. The molecule has 21 heavy (non-hydrogen) atoms. The van der Waals surface area contributed by atoms with E-state index in [1.54, 1.807) is 25.1 Å². The quantitative estimate of drug-likeness (QED) is 0.466. The number of hydrogen-bond donors (Lipinski definition) is 0. The molecule has 2 aromatic rings. The maximum absolute atomic E-state index is 12.0. The van der Waals surface area contributed by atoms with Crippen LogP contribution >= 0.6 is 11.6 Å². The van der Waals surface area contributed by atoms with Gasteiger partial charge >= 0.3 is 5.97 Å². The molecule has 0 aliphatic rings. The van der Waals surface area contributed by atoms with Crippen LogP contribution in [0.1, 0.15) is 23.9 Å². The molecular weight excluding hydrogens is 296 g/mol. The molecule has 0 atom stereocenters. The van der Waals surface area contributed by atoms with Crippen LogP contribution in [0.25, 0.3) is 11.0 Å².